The maximum atomic E-state index is 11.3. The second kappa shape index (κ2) is 4.81. The van der Waals surface area contributed by atoms with Gasteiger partial charge in [-0.3, -0.25) is 4.79 Å². The Bertz CT molecular complexity index is 325. The van der Waals surface area contributed by atoms with E-state index in [9.17, 15) is 4.79 Å². The third kappa shape index (κ3) is 2.57. The van der Waals surface area contributed by atoms with Crippen LogP contribution in [0, 0.1) is 3.57 Å². The van der Waals surface area contributed by atoms with Crippen molar-refractivity contribution in [2.45, 2.75) is 0 Å². The molecule has 0 radical (unpaired) electrons. The van der Waals surface area contributed by atoms with Crippen LogP contribution in [0.4, 0.5) is 0 Å². The third-order valence-corrected chi connectivity index (χ3v) is 2.50. The Balaban J connectivity index is 3.15. The lowest BCUT2D eigenvalue weighted by Crippen LogP contribution is -2.03. The van der Waals surface area contributed by atoms with Crippen molar-refractivity contribution >= 4 is 40.0 Å². The van der Waals surface area contributed by atoms with Crippen LogP contribution < -0.4 is 4.74 Å². The SMILES string of the molecule is COc1ccc(I)cc1C(=O)CCl. The van der Waals surface area contributed by atoms with E-state index in [1.54, 1.807) is 12.1 Å². The van der Waals surface area contributed by atoms with Crippen molar-refractivity contribution in [1.82, 2.24) is 0 Å². The molecule has 0 aliphatic heterocycles. The van der Waals surface area contributed by atoms with Gasteiger partial charge in [0.05, 0.1) is 18.6 Å². The number of methoxy groups -OCH3 is 1. The average Bonchev–Trinajstić information content (AvgIpc) is 2.16. The van der Waals surface area contributed by atoms with Gasteiger partial charge in [-0.25, -0.2) is 0 Å². The van der Waals surface area contributed by atoms with Crippen LogP contribution in [0.2, 0.25) is 0 Å². The lowest BCUT2D eigenvalue weighted by atomic mass is 10.1. The highest BCUT2D eigenvalue weighted by Crippen LogP contribution is 2.21. The van der Waals surface area contributed by atoms with Gasteiger partial charge in [-0.2, -0.15) is 0 Å². The van der Waals surface area contributed by atoms with Crippen molar-refractivity contribution in [3.8, 4) is 5.75 Å². The Morgan fingerprint density at radius 1 is 1.62 bits per heavy atom. The van der Waals surface area contributed by atoms with Crippen molar-refractivity contribution in [3.63, 3.8) is 0 Å². The van der Waals surface area contributed by atoms with Crippen molar-refractivity contribution in [1.29, 1.82) is 0 Å². The van der Waals surface area contributed by atoms with E-state index in [-0.39, 0.29) is 11.7 Å². The molecular weight excluding hydrogens is 302 g/mol. The smallest absolute Gasteiger partial charge is 0.181 e. The van der Waals surface area contributed by atoms with Crippen LogP contribution in [0.15, 0.2) is 18.2 Å². The minimum atomic E-state index is -0.114. The van der Waals surface area contributed by atoms with E-state index in [4.69, 9.17) is 16.3 Å². The number of Topliss-reactive ketones (excluding diaryl/α,β-unsaturated/α-hetero) is 1. The number of carbonyl (C=O) groups is 1. The molecule has 0 bridgehead atoms. The number of ether oxygens (including phenoxy) is 1. The van der Waals surface area contributed by atoms with Crippen LogP contribution in [0.5, 0.6) is 5.75 Å². The molecule has 0 N–H and O–H groups in total. The van der Waals surface area contributed by atoms with Gasteiger partial charge >= 0.3 is 0 Å². The van der Waals surface area contributed by atoms with E-state index in [2.05, 4.69) is 22.6 Å². The molecule has 0 unspecified atom stereocenters. The normalized spacial score (nSPS) is 9.77. The molecule has 0 aliphatic carbocycles. The largest absolute Gasteiger partial charge is 0.496 e. The fraction of sp³-hybridized carbons (Fsp3) is 0.222. The molecule has 1 aromatic rings. The summed E-state index contributed by atoms with van der Waals surface area (Å²) < 4.78 is 6.03. The lowest BCUT2D eigenvalue weighted by molar-refractivity contribution is 0.101. The fourth-order valence-corrected chi connectivity index (χ4v) is 1.61. The lowest BCUT2D eigenvalue weighted by Gasteiger charge is -2.05. The first-order chi connectivity index (χ1) is 6.19. The molecule has 1 rings (SSSR count). The summed E-state index contributed by atoms with van der Waals surface area (Å²) in [6, 6.07) is 5.41. The summed E-state index contributed by atoms with van der Waals surface area (Å²) in [5.41, 5.74) is 0.546. The summed E-state index contributed by atoms with van der Waals surface area (Å²) >= 11 is 7.60. The molecule has 2 nitrogen and oxygen atoms in total. The second-order valence-corrected chi connectivity index (χ2v) is 3.91. The quantitative estimate of drug-likeness (QED) is 0.487. The Kier molecular flexibility index (Phi) is 3.99. The number of ketones is 1. The number of halogens is 2. The Morgan fingerprint density at radius 2 is 2.31 bits per heavy atom. The number of alkyl halides is 1. The van der Waals surface area contributed by atoms with E-state index in [1.165, 1.54) is 7.11 Å². The second-order valence-electron chi connectivity index (χ2n) is 2.40. The molecule has 0 aliphatic rings. The summed E-state index contributed by atoms with van der Waals surface area (Å²) in [6.07, 6.45) is 0. The zero-order valence-electron chi connectivity index (χ0n) is 7.01. The van der Waals surface area contributed by atoms with Crippen molar-refractivity contribution in [2.24, 2.45) is 0 Å². The number of hydrogen-bond donors (Lipinski definition) is 0. The number of carbonyl (C=O) groups excluding carboxylic acids is 1. The summed E-state index contributed by atoms with van der Waals surface area (Å²) in [5.74, 6) is 0.444. The highest BCUT2D eigenvalue weighted by atomic mass is 127. The van der Waals surface area contributed by atoms with E-state index in [1.807, 2.05) is 6.07 Å². The minimum Gasteiger partial charge on any atom is -0.496 e. The molecule has 1 aromatic carbocycles. The van der Waals surface area contributed by atoms with Crippen LogP contribution in [0.3, 0.4) is 0 Å². The summed E-state index contributed by atoms with van der Waals surface area (Å²) in [4.78, 5) is 11.3. The molecule has 0 fully saturated rings. The van der Waals surface area contributed by atoms with Crippen molar-refractivity contribution in [2.75, 3.05) is 13.0 Å². The summed E-state index contributed by atoms with van der Waals surface area (Å²) in [7, 11) is 1.53. The Morgan fingerprint density at radius 3 is 2.85 bits per heavy atom. The van der Waals surface area contributed by atoms with Gasteiger partial charge < -0.3 is 4.74 Å². The molecule has 0 atom stereocenters. The maximum Gasteiger partial charge on any atom is 0.181 e. The van der Waals surface area contributed by atoms with Gasteiger partial charge in [0.25, 0.3) is 0 Å². The van der Waals surface area contributed by atoms with Crippen LogP contribution in [-0.2, 0) is 0 Å². The highest BCUT2D eigenvalue weighted by molar-refractivity contribution is 14.1. The van der Waals surface area contributed by atoms with Gasteiger partial charge in [-0.05, 0) is 40.8 Å². The van der Waals surface area contributed by atoms with Gasteiger partial charge in [0.2, 0.25) is 0 Å². The molecule has 70 valence electrons. The molecule has 0 amide bonds. The van der Waals surface area contributed by atoms with Gasteiger partial charge in [0, 0.05) is 3.57 Å². The molecule has 0 saturated carbocycles. The zero-order chi connectivity index (χ0) is 9.84. The predicted octanol–water partition coefficient (Wildman–Crippen LogP) is 2.72. The first-order valence-electron chi connectivity index (χ1n) is 3.61. The minimum absolute atomic E-state index is 0.0174. The maximum absolute atomic E-state index is 11.3. The summed E-state index contributed by atoms with van der Waals surface area (Å²) in [5, 5.41) is 0. The van der Waals surface area contributed by atoms with E-state index in [0.29, 0.717) is 11.3 Å². The third-order valence-electron chi connectivity index (χ3n) is 1.58. The molecular formula is C9H8ClIO2. The van der Waals surface area contributed by atoms with Gasteiger partial charge in [0.1, 0.15) is 5.75 Å². The molecule has 0 aromatic heterocycles. The fourth-order valence-electron chi connectivity index (χ4n) is 0.970. The molecule has 0 spiro atoms. The zero-order valence-corrected chi connectivity index (χ0v) is 9.93. The molecule has 0 heterocycles. The van der Waals surface area contributed by atoms with Gasteiger partial charge in [0.15, 0.2) is 5.78 Å². The van der Waals surface area contributed by atoms with Crippen LogP contribution in [0.1, 0.15) is 10.4 Å². The topological polar surface area (TPSA) is 26.3 Å². The van der Waals surface area contributed by atoms with Crippen LogP contribution in [0.25, 0.3) is 0 Å². The van der Waals surface area contributed by atoms with E-state index < -0.39 is 0 Å². The number of hydrogen-bond acceptors (Lipinski definition) is 2. The number of benzene rings is 1. The first kappa shape index (κ1) is 10.8. The molecule has 4 heteroatoms. The monoisotopic (exact) mass is 310 g/mol. The Hall–Kier alpha value is -0.290. The predicted molar refractivity (Wildman–Crippen MR) is 60.8 cm³/mol. The molecule has 13 heavy (non-hydrogen) atoms. The van der Waals surface area contributed by atoms with E-state index >= 15 is 0 Å². The van der Waals surface area contributed by atoms with Gasteiger partial charge in [-0.15, -0.1) is 11.6 Å². The Labute approximate surface area is 95.4 Å². The first-order valence-corrected chi connectivity index (χ1v) is 5.23. The van der Waals surface area contributed by atoms with Crippen LogP contribution in [-0.4, -0.2) is 18.8 Å². The highest BCUT2D eigenvalue weighted by Gasteiger charge is 2.10. The number of rotatable bonds is 3. The summed E-state index contributed by atoms with van der Waals surface area (Å²) in [6.45, 7) is 0. The van der Waals surface area contributed by atoms with Crippen molar-refractivity contribution < 1.29 is 9.53 Å². The standard InChI is InChI=1S/C9H8ClIO2/c1-13-9-3-2-6(11)4-7(9)8(12)5-10/h2-4H,5H2,1H3. The van der Waals surface area contributed by atoms with E-state index in [0.717, 1.165) is 3.57 Å². The van der Waals surface area contributed by atoms with Gasteiger partial charge in [-0.1, -0.05) is 0 Å². The molecule has 0 saturated heterocycles. The van der Waals surface area contributed by atoms with Crippen LogP contribution >= 0.6 is 34.2 Å². The van der Waals surface area contributed by atoms with Crippen molar-refractivity contribution in [3.05, 3.63) is 27.3 Å². The average molecular weight is 311 g/mol.